The van der Waals surface area contributed by atoms with Gasteiger partial charge in [-0.1, -0.05) is 11.6 Å². The van der Waals surface area contributed by atoms with Crippen molar-refractivity contribution in [2.24, 2.45) is 5.10 Å². The summed E-state index contributed by atoms with van der Waals surface area (Å²) in [5, 5.41) is 4.40. The molecule has 1 aliphatic rings. The number of methoxy groups -OCH3 is 2. The number of hydrogen-bond acceptors (Lipinski definition) is 6. The van der Waals surface area contributed by atoms with E-state index >= 15 is 0 Å². The Morgan fingerprint density at radius 1 is 1.17 bits per heavy atom. The molecule has 10 heteroatoms. The van der Waals surface area contributed by atoms with Crippen molar-refractivity contribution >= 4 is 33.7 Å². The van der Waals surface area contributed by atoms with Gasteiger partial charge in [-0.05, 0) is 60.9 Å². The summed E-state index contributed by atoms with van der Waals surface area (Å²) < 4.78 is 37.5. The van der Waals surface area contributed by atoms with Gasteiger partial charge in [-0.15, -0.1) is 0 Å². The van der Waals surface area contributed by atoms with Crippen LogP contribution in [0.5, 0.6) is 11.5 Å². The summed E-state index contributed by atoms with van der Waals surface area (Å²) in [7, 11) is -0.749. The topological polar surface area (TPSA) is 97.3 Å². The number of rotatable bonds is 7. The van der Waals surface area contributed by atoms with E-state index in [1.807, 2.05) is 0 Å². The number of carbonyl (C=O) groups is 1. The third kappa shape index (κ3) is 4.75. The lowest BCUT2D eigenvalue weighted by atomic mass is 10.2. The van der Waals surface area contributed by atoms with Crippen molar-refractivity contribution in [3.8, 4) is 11.5 Å². The first-order valence-electron chi connectivity index (χ1n) is 9.19. The molecule has 1 atom stereocenters. The van der Waals surface area contributed by atoms with Crippen molar-refractivity contribution in [2.75, 3.05) is 20.8 Å². The number of hydrogen-bond donors (Lipinski definition) is 1. The van der Waals surface area contributed by atoms with E-state index < -0.39 is 22.0 Å². The van der Waals surface area contributed by atoms with Crippen molar-refractivity contribution < 1.29 is 22.7 Å². The maximum Gasteiger partial charge on any atom is 0.258 e. The molecule has 0 saturated carbocycles. The molecule has 1 fully saturated rings. The Morgan fingerprint density at radius 2 is 1.87 bits per heavy atom. The minimum Gasteiger partial charge on any atom is -0.493 e. The van der Waals surface area contributed by atoms with Crippen LogP contribution in [0, 0.1) is 0 Å². The van der Waals surface area contributed by atoms with Crippen LogP contribution in [0.25, 0.3) is 0 Å². The summed E-state index contributed by atoms with van der Waals surface area (Å²) >= 11 is 5.84. The summed E-state index contributed by atoms with van der Waals surface area (Å²) in [4.78, 5) is 12.7. The molecular formula is C20H22ClN3O5S. The average Bonchev–Trinajstić information content (AvgIpc) is 3.25. The Bertz CT molecular complexity index is 1040. The van der Waals surface area contributed by atoms with Crippen molar-refractivity contribution in [3.05, 3.63) is 53.1 Å². The van der Waals surface area contributed by atoms with Crippen LogP contribution in [0.4, 0.5) is 0 Å². The van der Waals surface area contributed by atoms with Crippen LogP contribution < -0.4 is 14.9 Å². The van der Waals surface area contributed by atoms with Gasteiger partial charge < -0.3 is 9.47 Å². The van der Waals surface area contributed by atoms with E-state index in [0.29, 0.717) is 34.9 Å². The molecule has 0 aromatic heterocycles. The largest absolute Gasteiger partial charge is 0.493 e. The average molecular weight is 452 g/mol. The lowest BCUT2D eigenvalue weighted by Crippen LogP contribution is -2.44. The van der Waals surface area contributed by atoms with Gasteiger partial charge in [0.15, 0.2) is 11.5 Å². The quantitative estimate of drug-likeness (QED) is 0.515. The monoisotopic (exact) mass is 451 g/mol. The highest BCUT2D eigenvalue weighted by molar-refractivity contribution is 7.89. The van der Waals surface area contributed by atoms with E-state index in [1.165, 1.54) is 49.0 Å². The molecule has 30 heavy (non-hydrogen) atoms. The van der Waals surface area contributed by atoms with Gasteiger partial charge in [0.25, 0.3) is 5.91 Å². The Hall–Kier alpha value is -2.62. The van der Waals surface area contributed by atoms with Gasteiger partial charge in [0.2, 0.25) is 10.0 Å². The fourth-order valence-corrected chi connectivity index (χ4v) is 4.99. The third-order valence-corrected chi connectivity index (χ3v) is 6.90. The highest BCUT2D eigenvalue weighted by Gasteiger charge is 2.39. The highest BCUT2D eigenvalue weighted by atomic mass is 35.5. The minimum absolute atomic E-state index is 0.0976. The molecule has 3 rings (SSSR count). The van der Waals surface area contributed by atoms with E-state index in [-0.39, 0.29) is 11.4 Å². The minimum atomic E-state index is -3.81. The van der Waals surface area contributed by atoms with E-state index in [9.17, 15) is 13.2 Å². The molecule has 1 saturated heterocycles. The van der Waals surface area contributed by atoms with Crippen LogP contribution in [-0.4, -0.2) is 51.7 Å². The number of nitrogens with zero attached hydrogens (tertiary/aromatic N) is 2. The molecule has 2 aromatic carbocycles. The second kappa shape index (κ2) is 9.46. The van der Waals surface area contributed by atoms with Gasteiger partial charge in [0.1, 0.15) is 6.04 Å². The van der Waals surface area contributed by atoms with Crippen LogP contribution in [-0.2, 0) is 14.8 Å². The number of sulfonamides is 1. The molecule has 1 N–H and O–H groups in total. The molecule has 1 aliphatic heterocycles. The van der Waals surface area contributed by atoms with Gasteiger partial charge in [0.05, 0.1) is 25.3 Å². The summed E-state index contributed by atoms with van der Waals surface area (Å²) in [6.45, 7) is 0.266. The lowest BCUT2D eigenvalue weighted by molar-refractivity contribution is -0.124. The zero-order valence-corrected chi connectivity index (χ0v) is 18.1. The van der Waals surface area contributed by atoms with Crippen LogP contribution in [0.3, 0.4) is 0 Å². The van der Waals surface area contributed by atoms with Gasteiger partial charge in [-0.3, -0.25) is 4.79 Å². The Labute approximate surface area is 180 Å². The summed E-state index contributed by atoms with van der Waals surface area (Å²) in [6.07, 6.45) is 2.46. The summed E-state index contributed by atoms with van der Waals surface area (Å²) in [5.41, 5.74) is 3.12. The van der Waals surface area contributed by atoms with E-state index in [0.717, 1.165) is 0 Å². The fraction of sp³-hybridized carbons (Fsp3) is 0.300. The first-order valence-corrected chi connectivity index (χ1v) is 11.0. The van der Waals surface area contributed by atoms with Crippen molar-refractivity contribution in [1.82, 2.24) is 9.73 Å². The Balaban J connectivity index is 1.70. The molecular weight excluding hydrogens is 430 g/mol. The van der Waals surface area contributed by atoms with E-state index in [2.05, 4.69) is 10.5 Å². The zero-order chi connectivity index (χ0) is 21.7. The van der Waals surface area contributed by atoms with Gasteiger partial charge in [-0.2, -0.15) is 9.41 Å². The normalized spacial score (nSPS) is 17.2. The molecule has 160 valence electrons. The van der Waals surface area contributed by atoms with Crippen LogP contribution in [0.15, 0.2) is 52.5 Å². The third-order valence-electron chi connectivity index (χ3n) is 4.72. The molecule has 1 amide bonds. The predicted molar refractivity (Wildman–Crippen MR) is 114 cm³/mol. The van der Waals surface area contributed by atoms with Crippen LogP contribution >= 0.6 is 11.6 Å². The predicted octanol–water partition coefficient (Wildman–Crippen LogP) is 2.66. The number of benzene rings is 2. The zero-order valence-electron chi connectivity index (χ0n) is 16.5. The van der Waals surface area contributed by atoms with Crippen molar-refractivity contribution in [2.45, 2.75) is 23.8 Å². The van der Waals surface area contributed by atoms with Crippen molar-refractivity contribution in [1.29, 1.82) is 0 Å². The fourth-order valence-electron chi connectivity index (χ4n) is 3.21. The van der Waals surface area contributed by atoms with E-state index in [4.69, 9.17) is 21.1 Å². The maximum atomic E-state index is 12.9. The molecule has 0 radical (unpaired) electrons. The number of ether oxygens (including phenoxy) is 2. The van der Waals surface area contributed by atoms with Crippen LogP contribution in [0.2, 0.25) is 5.02 Å². The first kappa shape index (κ1) is 22.1. The summed E-state index contributed by atoms with van der Waals surface area (Å²) in [6, 6.07) is 10.2. The molecule has 0 bridgehead atoms. The standard InChI is InChI=1S/C20H22ClN3O5S/c1-28-18-10-5-14(12-19(18)29-2)13-22-23-20(25)17-4-3-11-24(17)30(26,27)16-8-6-15(21)7-9-16/h5-10,12-13,17H,3-4,11H2,1-2H3,(H,23,25)/b22-13-/t17-/m1/s1. The molecule has 0 aliphatic carbocycles. The molecule has 0 spiro atoms. The van der Waals surface area contributed by atoms with E-state index in [1.54, 1.807) is 18.2 Å². The number of halogens is 1. The smallest absolute Gasteiger partial charge is 0.258 e. The van der Waals surface area contributed by atoms with Crippen LogP contribution in [0.1, 0.15) is 18.4 Å². The van der Waals surface area contributed by atoms with Gasteiger partial charge in [-0.25, -0.2) is 13.8 Å². The number of hydrazone groups is 1. The van der Waals surface area contributed by atoms with Gasteiger partial charge >= 0.3 is 0 Å². The number of carbonyl (C=O) groups excluding carboxylic acids is 1. The summed E-state index contributed by atoms with van der Waals surface area (Å²) in [5.74, 6) is 0.623. The number of nitrogens with one attached hydrogen (secondary N) is 1. The SMILES string of the molecule is COc1ccc(/C=N\NC(=O)[C@H]2CCCN2S(=O)(=O)c2ccc(Cl)cc2)cc1OC. The Morgan fingerprint density at radius 3 is 2.53 bits per heavy atom. The first-order chi connectivity index (χ1) is 14.4. The second-order valence-corrected chi connectivity index (χ2v) is 8.90. The lowest BCUT2D eigenvalue weighted by Gasteiger charge is -2.22. The maximum absolute atomic E-state index is 12.9. The molecule has 1 heterocycles. The Kier molecular flexibility index (Phi) is 6.96. The van der Waals surface area contributed by atoms with Gasteiger partial charge in [0, 0.05) is 11.6 Å². The van der Waals surface area contributed by atoms with Crippen molar-refractivity contribution in [3.63, 3.8) is 0 Å². The second-order valence-electron chi connectivity index (χ2n) is 6.58. The molecule has 8 nitrogen and oxygen atoms in total. The molecule has 0 unspecified atom stereocenters. The highest BCUT2D eigenvalue weighted by Crippen LogP contribution is 2.28. The number of amides is 1. The molecule has 2 aromatic rings.